The van der Waals surface area contributed by atoms with Crippen molar-refractivity contribution in [2.24, 2.45) is 0 Å². The molecule has 0 saturated carbocycles. The fraction of sp³-hybridized carbons (Fsp3) is 0.312. The third-order valence-electron chi connectivity index (χ3n) is 3.24. The highest BCUT2D eigenvalue weighted by Crippen LogP contribution is 2.30. The van der Waals surface area contributed by atoms with Gasteiger partial charge in [-0.2, -0.15) is 0 Å². The topological polar surface area (TPSA) is 32.3 Å². The SMILES string of the molecule is CCC(Nc1cc(Cl)ccc1C(=O)N(C)C)c1cccs1. The molecular formula is C16H19ClN2OS. The lowest BCUT2D eigenvalue weighted by Gasteiger charge is -2.21. The van der Waals surface area contributed by atoms with Gasteiger partial charge in [0.25, 0.3) is 5.91 Å². The lowest BCUT2D eigenvalue weighted by molar-refractivity contribution is 0.0828. The smallest absolute Gasteiger partial charge is 0.255 e. The Bertz CT molecular complexity index is 611. The van der Waals surface area contributed by atoms with Crippen LogP contribution in [0, 0.1) is 0 Å². The average molecular weight is 323 g/mol. The Morgan fingerprint density at radius 3 is 2.71 bits per heavy atom. The van der Waals surface area contributed by atoms with Gasteiger partial charge in [0.1, 0.15) is 0 Å². The summed E-state index contributed by atoms with van der Waals surface area (Å²) in [5.74, 6) is -0.0322. The predicted molar refractivity (Wildman–Crippen MR) is 90.4 cm³/mol. The molecule has 3 nitrogen and oxygen atoms in total. The Balaban J connectivity index is 2.33. The molecule has 1 heterocycles. The van der Waals surface area contributed by atoms with Gasteiger partial charge in [0, 0.05) is 29.7 Å². The van der Waals surface area contributed by atoms with Crippen molar-refractivity contribution < 1.29 is 4.79 Å². The van der Waals surface area contributed by atoms with E-state index in [9.17, 15) is 4.79 Å². The highest BCUT2D eigenvalue weighted by atomic mass is 35.5. The van der Waals surface area contributed by atoms with Crippen LogP contribution in [0.25, 0.3) is 0 Å². The summed E-state index contributed by atoms with van der Waals surface area (Å²) in [6.45, 7) is 2.12. The second kappa shape index (κ2) is 6.96. The van der Waals surface area contributed by atoms with Crippen molar-refractivity contribution in [1.82, 2.24) is 4.90 Å². The Hall–Kier alpha value is -1.52. The third-order valence-corrected chi connectivity index (χ3v) is 4.46. The molecule has 21 heavy (non-hydrogen) atoms. The van der Waals surface area contributed by atoms with Crippen molar-refractivity contribution in [3.63, 3.8) is 0 Å². The minimum Gasteiger partial charge on any atom is -0.377 e. The van der Waals surface area contributed by atoms with E-state index < -0.39 is 0 Å². The second-order valence-electron chi connectivity index (χ2n) is 5.01. The zero-order chi connectivity index (χ0) is 15.4. The molecule has 0 radical (unpaired) electrons. The normalized spacial score (nSPS) is 12.0. The van der Waals surface area contributed by atoms with Crippen LogP contribution in [0.15, 0.2) is 35.7 Å². The summed E-state index contributed by atoms with van der Waals surface area (Å²) in [6, 6.07) is 9.65. The molecule has 0 fully saturated rings. The maximum absolute atomic E-state index is 12.3. The molecule has 1 amide bonds. The molecule has 0 aliphatic heterocycles. The second-order valence-corrected chi connectivity index (χ2v) is 6.43. The van der Waals surface area contributed by atoms with Gasteiger partial charge in [0.05, 0.1) is 11.6 Å². The van der Waals surface area contributed by atoms with Gasteiger partial charge < -0.3 is 10.2 Å². The van der Waals surface area contributed by atoms with E-state index >= 15 is 0 Å². The van der Waals surface area contributed by atoms with Crippen LogP contribution in [0.2, 0.25) is 5.02 Å². The van der Waals surface area contributed by atoms with E-state index in [4.69, 9.17) is 11.6 Å². The summed E-state index contributed by atoms with van der Waals surface area (Å²) in [7, 11) is 3.49. The number of halogens is 1. The summed E-state index contributed by atoms with van der Waals surface area (Å²) in [6.07, 6.45) is 0.933. The predicted octanol–water partition coefficient (Wildman–Crippen LogP) is 4.67. The third kappa shape index (κ3) is 3.77. The number of amides is 1. The Labute approximate surface area is 134 Å². The molecule has 0 aliphatic rings. The van der Waals surface area contributed by atoms with Gasteiger partial charge in [0.2, 0.25) is 0 Å². The number of anilines is 1. The molecule has 0 saturated heterocycles. The van der Waals surface area contributed by atoms with Crippen molar-refractivity contribution in [3.8, 4) is 0 Å². The Kier molecular flexibility index (Phi) is 5.26. The van der Waals surface area contributed by atoms with Crippen LogP contribution < -0.4 is 5.32 Å². The van der Waals surface area contributed by atoms with Crippen LogP contribution in [-0.2, 0) is 0 Å². The summed E-state index contributed by atoms with van der Waals surface area (Å²) in [5.41, 5.74) is 1.42. The molecule has 1 aromatic heterocycles. The van der Waals surface area contributed by atoms with Gasteiger partial charge in [0.15, 0.2) is 0 Å². The van der Waals surface area contributed by atoms with Gasteiger partial charge in [-0.15, -0.1) is 11.3 Å². The van der Waals surface area contributed by atoms with Crippen LogP contribution >= 0.6 is 22.9 Å². The van der Waals surface area contributed by atoms with Gasteiger partial charge in [-0.25, -0.2) is 0 Å². The first-order valence-corrected chi connectivity index (χ1v) is 8.09. The highest BCUT2D eigenvalue weighted by Gasteiger charge is 2.17. The number of hydrogen-bond acceptors (Lipinski definition) is 3. The molecule has 2 rings (SSSR count). The van der Waals surface area contributed by atoms with Crippen molar-refractivity contribution in [3.05, 3.63) is 51.2 Å². The maximum Gasteiger partial charge on any atom is 0.255 e. The summed E-state index contributed by atoms with van der Waals surface area (Å²) >= 11 is 7.80. The number of nitrogens with one attached hydrogen (secondary N) is 1. The van der Waals surface area contributed by atoms with E-state index in [1.54, 1.807) is 42.5 Å². The van der Waals surface area contributed by atoms with Crippen LogP contribution in [0.1, 0.15) is 34.6 Å². The van der Waals surface area contributed by atoms with Crippen LogP contribution in [0.4, 0.5) is 5.69 Å². The zero-order valence-corrected chi connectivity index (χ0v) is 14.0. The number of carbonyl (C=O) groups excluding carboxylic acids is 1. The van der Waals surface area contributed by atoms with E-state index in [2.05, 4.69) is 23.7 Å². The first-order chi connectivity index (χ1) is 10.0. The standard InChI is InChI=1S/C16H19ClN2OS/c1-4-13(15-6-5-9-21-15)18-14-10-11(17)7-8-12(14)16(20)19(2)3/h5-10,13,18H,4H2,1-3H3. The maximum atomic E-state index is 12.3. The molecule has 1 unspecified atom stereocenters. The number of carbonyl (C=O) groups is 1. The molecule has 1 N–H and O–H groups in total. The first kappa shape index (κ1) is 15.9. The molecule has 112 valence electrons. The largest absolute Gasteiger partial charge is 0.377 e. The van der Waals surface area contributed by atoms with Crippen molar-refractivity contribution in [2.75, 3.05) is 19.4 Å². The van der Waals surface area contributed by atoms with Crippen LogP contribution in [0.3, 0.4) is 0 Å². The summed E-state index contributed by atoms with van der Waals surface area (Å²) in [4.78, 5) is 15.1. The average Bonchev–Trinajstić information content (AvgIpc) is 2.98. The lowest BCUT2D eigenvalue weighted by Crippen LogP contribution is -2.23. The zero-order valence-electron chi connectivity index (χ0n) is 12.4. The van der Waals surface area contributed by atoms with E-state index in [0.717, 1.165) is 12.1 Å². The molecule has 1 atom stereocenters. The number of hydrogen-bond donors (Lipinski definition) is 1. The summed E-state index contributed by atoms with van der Waals surface area (Å²) < 4.78 is 0. The number of thiophene rings is 1. The van der Waals surface area contributed by atoms with Crippen LogP contribution in [0.5, 0.6) is 0 Å². The molecule has 5 heteroatoms. The van der Waals surface area contributed by atoms with E-state index in [1.165, 1.54) is 4.88 Å². The van der Waals surface area contributed by atoms with E-state index in [1.807, 2.05) is 12.1 Å². The number of rotatable bonds is 5. The molecular weight excluding hydrogens is 304 g/mol. The van der Waals surface area contributed by atoms with Crippen molar-refractivity contribution >= 4 is 34.5 Å². The number of nitrogens with zero attached hydrogens (tertiary/aromatic N) is 1. The monoisotopic (exact) mass is 322 g/mol. The fourth-order valence-electron chi connectivity index (χ4n) is 2.11. The van der Waals surface area contributed by atoms with Crippen molar-refractivity contribution in [2.45, 2.75) is 19.4 Å². The van der Waals surface area contributed by atoms with Gasteiger partial charge in [-0.1, -0.05) is 24.6 Å². The molecule has 1 aromatic carbocycles. The Morgan fingerprint density at radius 2 is 2.14 bits per heavy atom. The molecule has 2 aromatic rings. The minimum atomic E-state index is -0.0322. The Morgan fingerprint density at radius 1 is 1.38 bits per heavy atom. The summed E-state index contributed by atoms with van der Waals surface area (Å²) in [5, 5.41) is 6.13. The van der Waals surface area contributed by atoms with Gasteiger partial charge in [-0.05, 0) is 36.1 Å². The quantitative estimate of drug-likeness (QED) is 0.867. The van der Waals surface area contributed by atoms with Gasteiger partial charge in [-0.3, -0.25) is 4.79 Å². The molecule has 0 bridgehead atoms. The van der Waals surface area contributed by atoms with Crippen LogP contribution in [-0.4, -0.2) is 24.9 Å². The lowest BCUT2D eigenvalue weighted by atomic mass is 10.1. The van der Waals surface area contributed by atoms with Gasteiger partial charge >= 0.3 is 0 Å². The number of benzene rings is 1. The highest BCUT2D eigenvalue weighted by molar-refractivity contribution is 7.10. The molecule has 0 aliphatic carbocycles. The molecule has 0 spiro atoms. The van der Waals surface area contributed by atoms with Crippen molar-refractivity contribution in [1.29, 1.82) is 0 Å². The van der Waals surface area contributed by atoms with E-state index in [-0.39, 0.29) is 11.9 Å². The fourth-order valence-corrected chi connectivity index (χ4v) is 3.15. The van der Waals surface area contributed by atoms with E-state index in [0.29, 0.717) is 10.6 Å². The first-order valence-electron chi connectivity index (χ1n) is 6.84. The minimum absolute atomic E-state index is 0.0322.